The SMILES string of the molecule is Cc1ccccc1Oc1cnccc1/C(N)=N/O. The second-order valence-corrected chi connectivity index (χ2v) is 3.72. The Hall–Kier alpha value is -2.56. The Kier molecular flexibility index (Phi) is 3.43. The van der Waals surface area contributed by atoms with E-state index < -0.39 is 0 Å². The van der Waals surface area contributed by atoms with Crippen molar-refractivity contribution in [2.45, 2.75) is 6.92 Å². The molecule has 5 nitrogen and oxygen atoms in total. The van der Waals surface area contributed by atoms with Crippen LogP contribution in [0.15, 0.2) is 47.9 Å². The van der Waals surface area contributed by atoms with Crippen molar-refractivity contribution >= 4 is 5.84 Å². The third-order valence-electron chi connectivity index (χ3n) is 2.48. The van der Waals surface area contributed by atoms with Crippen LogP contribution in [0.5, 0.6) is 11.5 Å². The van der Waals surface area contributed by atoms with Gasteiger partial charge in [-0.2, -0.15) is 0 Å². The Labute approximate surface area is 105 Å². The molecule has 0 radical (unpaired) electrons. The van der Waals surface area contributed by atoms with Gasteiger partial charge in [-0.15, -0.1) is 0 Å². The van der Waals surface area contributed by atoms with Gasteiger partial charge >= 0.3 is 0 Å². The maximum absolute atomic E-state index is 8.72. The Morgan fingerprint density at radius 1 is 1.28 bits per heavy atom. The Morgan fingerprint density at radius 3 is 2.78 bits per heavy atom. The zero-order chi connectivity index (χ0) is 13.0. The minimum absolute atomic E-state index is 0.0130. The van der Waals surface area contributed by atoms with E-state index in [1.54, 1.807) is 12.3 Å². The van der Waals surface area contributed by atoms with Gasteiger partial charge in [-0.25, -0.2) is 0 Å². The van der Waals surface area contributed by atoms with Gasteiger partial charge in [0.2, 0.25) is 0 Å². The average Bonchev–Trinajstić information content (AvgIpc) is 2.41. The lowest BCUT2D eigenvalue weighted by Crippen LogP contribution is -2.14. The number of amidine groups is 1. The van der Waals surface area contributed by atoms with E-state index in [9.17, 15) is 0 Å². The first kappa shape index (κ1) is 11.9. The minimum Gasteiger partial charge on any atom is -0.455 e. The second-order valence-electron chi connectivity index (χ2n) is 3.72. The van der Waals surface area contributed by atoms with Crippen molar-refractivity contribution in [2.24, 2.45) is 10.9 Å². The smallest absolute Gasteiger partial charge is 0.173 e. The molecular weight excluding hydrogens is 230 g/mol. The summed E-state index contributed by atoms with van der Waals surface area (Å²) in [5, 5.41) is 11.7. The van der Waals surface area contributed by atoms with Crippen LogP contribution in [0.3, 0.4) is 0 Å². The number of aryl methyl sites for hydroxylation is 1. The molecule has 3 N–H and O–H groups in total. The van der Waals surface area contributed by atoms with Crippen molar-refractivity contribution in [3.63, 3.8) is 0 Å². The molecule has 0 aliphatic heterocycles. The first-order valence-electron chi connectivity index (χ1n) is 5.37. The predicted molar refractivity (Wildman–Crippen MR) is 68.0 cm³/mol. The summed E-state index contributed by atoms with van der Waals surface area (Å²) in [5.41, 5.74) is 7.07. The van der Waals surface area contributed by atoms with Gasteiger partial charge in [-0.1, -0.05) is 23.4 Å². The van der Waals surface area contributed by atoms with E-state index >= 15 is 0 Å². The Balaban J connectivity index is 2.38. The fourth-order valence-electron chi connectivity index (χ4n) is 1.52. The molecule has 92 valence electrons. The highest BCUT2D eigenvalue weighted by molar-refractivity contribution is 5.99. The van der Waals surface area contributed by atoms with Gasteiger partial charge in [0.05, 0.1) is 11.8 Å². The number of nitrogens with zero attached hydrogens (tertiary/aromatic N) is 2. The van der Waals surface area contributed by atoms with Crippen molar-refractivity contribution in [3.8, 4) is 11.5 Å². The maximum Gasteiger partial charge on any atom is 0.173 e. The standard InChI is InChI=1S/C13H13N3O2/c1-9-4-2-3-5-11(9)18-12-8-15-7-6-10(12)13(14)16-17/h2-8,17H,1H3,(H2,14,16). The van der Waals surface area contributed by atoms with Crippen LogP contribution >= 0.6 is 0 Å². The summed E-state index contributed by atoms with van der Waals surface area (Å²) in [6.45, 7) is 1.94. The summed E-state index contributed by atoms with van der Waals surface area (Å²) in [6, 6.07) is 9.22. The summed E-state index contributed by atoms with van der Waals surface area (Å²) in [7, 11) is 0. The molecule has 2 rings (SSSR count). The second kappa shape index (κ2) is 5.18. The molecule has 0 bridgehead atoms. The quantitative estimate of drug-likeness (QED) is 0.375. The summed E-state index contributed by atoms with van der Waals surface area (Å²) in [4.78, 5) is 3.97. The molecule has 0 amide bonds. The predicted octanol–water partition coefficient (Wildman–Crippen LogP) is 2.28. The number of nitrogens with two attached hydrogens (primary N) is 1. The van der Waals surface area contributed by atoms with E-state index in [0.717, 1.165) is 5.56 Å². The highest BCUT2D eigenvalue weighted by Crippen LogP contribution is 2.26. The number of ether oxygens (including phenoxy) is 1. The number of hydrogen-bond acceptors (Lipinski definition) is 4. The van der Waals surface area contributed by atoms with Crippen LogP contribution in [0, 0.1) is 6.92 Å². The molecule has 0 unspecified atom stereocenters. The normalized spacial score (nSPS) is 11.3. The van der Waals surface area contributed by atoms with Gasteiger partial charge in [0.1, 0.15) is 5.75 Å². The third kappa shape index (κ3) is 2.40. The Bertz CT molecular complexity index is 582. The van der Waals surface area contributed by atoms with Crippen LogP contribution in [-0.4, -0.2) is 16.0 Å². The molecule has 0 aliphatic rings. The van der Waals surface area contributed by atoms with Crippen molar-refractivity contribution < 1.29 is 9.94 Å². The Morgan fingerprint density at radius 2 is 2.06 bits per heavy atom. The first-order chi connectivity index (χ1) is 8.72. The van der Waals surface area contributed by atoms with Crippen LogP contribution in [0.2, 0.25) is 0 Å². The number of rotatable bonds is 3. The molecule has 0 spiro atoms. The van der Waals surface area contributed by atoms with Crippen LogP contribution in [-0.2, 0) is 0 Å². The van der Waals surface area contributed by atoms with E-state index in [-0.39, 0.29) is 5.84 Å². The van der Waals surface area contributed by atoms with E-state index in [4.69, 9.17) is 15.7 Å². The number of aromatic nitrogens is 1. The molecule has 0 aliphatic carbocycles. The van der Waals surface area contributed by atoms with Gasteiger partial charge in [0.15, 0.2) is 11.6 Å². The molecule has 5 heteroatoms. The highest BCUT2D eigenvalue weighted by atomic mass is 16.5. The molecule has 1 aromatic carbocycles. The van der Waals surface area contributed by atoms with Gasteiger partial charge in [0, 0.05) is 6.20 Å². The van der Waals surface area contributed by atoms with Crippen molar-refractivity contribution in [1.29, 1.82) is 0 Å². The van der Waals surface area contributed by atoms with Crippen LogP contribution in [0.1, 0.15) is 11.1 Å². The number of hydrogen-bond donors (Lipinski definition) is 2. The van der Waals surface area contributed by atoms with Gasteiger partial charge in [-0.05, 0) is 24.6 Å². The van der Waals surface area contributed by atoms with Gasteiger partial charge < -0.3 is 15.7 Å². The van der Waals surface area contributed by atoms with E-state index in [1.165, 1.54) is 6.20 Å². The van der Waals surface area contributed by atoms with Gasteiger partial charge in [0.25, 0.3) is 0 Å². The largest absolute Gasteiger partial charge is 0.455 e. The summed E-state index contributed by atoms with van der Waals surface area (Å²) >= 11 is 0. The fraction of sp³-hybridized carbons (Fsp3) is 0.0769. The zero-order valence-electron chi connectivity index (χ0n) is 9.87. The average molecular weight is 243 g/mol. The molecule has 0 saturated heterocycles. The number of benzene rings is 1. The van der Waals surface area contributed by atoms with Crippen molar-refractivity contribution in [2.75, 3.05) is 0 Å². The molecule has 2 aromatic rings. The lowest BCUT2D eigenvalue weighted by molar-refractivity contribution is 0.318. The van der Waals surface area contributed by atoms with E-state index in [0.29, 0.717) is 17.1 Å². The molecular formula is C13H13N3O2. The molecule has 1 heterocycles. The van der Waals surface area contributed by atoms with Crippen LogP contribution in [0.25, 0.3) is 0 Å². The van der Waals surface area contributed by atoms with Crippen molar-refractivity contribution in [1.82, 2.24) is 4.98 Å². The number of pyridine rings is 1. The summed E-state index contributed by atoms with van der Waals surface area (Å²) in [6.07, 6.45) is 3.08. The summed E-state index contributed by atoms with van der Waals surface area (Å²) in [5.74, 6) is 1.14. The topological polar surface area (TPSA) is 80.7 Å². The first-order valence-corrected chi connectivity index (χ1v) is 5.37. The fourth-order valence-corrected chi connectivity index (χ4v) is 1.52. The van der Waals surface area contributed by atoms with Gasteiger partial charge in [-0.3, -0.25) is 4.98 Å². The molecule has 0 fully saturated rings. The lowest BCUT2D eigenvalue weighted by atomic mass is 10.2. The lowest BCUT2D eigenvalue weighted by Gasteiger charge is -2.11. The molecule has 0 atom stereocenters. The number of para-hydroxylation sites is 1. The molecule has 1 aromatic heterocycles. The summed E-state index contributed by atoms with van der Waals surface area (Å²) < 4.78 is 5.73. The van der Waals surface area contributed by atoms with Crippen molar-refractivity contribution in [3.05, 3.63) is 53.9 Å². The van der Waals surface area contributed by atoms with E-state index in [1.807, 2.05) is 31.2 Å². The highest BCUT2D eigenvalue weighted by Gasteiger charge is 2.10. The minimum atomic E-state index is -0.0130. The van der Waals surface area contributed by atoms with Crippen LogP contribution < -0.4 is 10.5 Å². The molecule has 18 heavy (non-hydrogen) atoms. The third-order valence-corrected chi connectivity index (χ3v) is 2.48. The molecule has 0 saturated carbocycles. The van der Waals surface area contributed by atoms with E-state index in [2.05, 4.69) is 10.1 Å². The zero-order valence-corrected chi connectivity index (χ0v) is 9.87. The number of oxime groups is 1. The monoisotopic (exact) mass is 243 g/mol. The maximum atomic E-state index is 8.72. The van der Waals surface area contributed by atoms with Crippen LogP contribution in [0.4, 0.5) is 0 Å².